The van der Waals surface area contributed by atoms with E-state index in [2.05, 4.69) is 34.5 Å². The van der Waals surface area contributed by atoms with Crippen LogP contribution in [0.2, 0.25) is 0 Å². The summed E-state index contributed by atoms with van der Waals surface area (Å²) in [5, 5.41) is 3.11. The molecular formula is C24H32N2O4. The number of carbonyl (C=O) groups is 2. The van der Waals surface area contributed by atoms with E-state index in [0.717, 1.165) is 44.6 Å². The Hall–Kier alpha value is -2.60. The summed E-state index contributed by atoms with van der Waals surface area (Å²) >= 11 is 0. The van der Waals surface area contributed by atoms with E-state index in [1.165, 1.54) is 12.7 Å². The van der Waals surface area contributed by atoms with Crippen molar-refractivity contribution in [1.29, 1.82) is 0 Å². The van der Waals surface area contributed by atoms with Crippen molar-refractivity contribution in [3.63, 3.8) is 0 Å². The number of carbonyl (C=O) groups excluding carboxylic acids is 2. The zero-order valence-electron chi connectivity index (χ0n) is 18.4. The number of esters is 2. The van der Waals surface area contributed by atoms with Gasteiger partial charge in [-0.05, 0) is 45.7 Å². The molecule has 1 N–H and O–H groups in total. The van der Waals surface area contributed by atoms with E-state index in [4.69, 9.17) is 9.47 Å². The van der Waals surface area contributed by atoms with Crippen molar-refractivity contribution in [2.24, 2.45) is 0 Å². The maximum atomic E-state index is 12.9. The van der Waals surface area contributed by atoms with E-state index in [0.29, 0.717) is 16.8 Å². The molecule has 0 spiro atoms. The van der Waals surface area contributed by atoms with Gasteiger partial charge in [-0.1, -0.05) is 30.3 Å². The second-order valence-corrected chi connectivity index (χ2v) is 8.46. The molecule has 0 aromatic heterocycles. The minimum atomic E-state index is -0.515. The number of methoxy groups -OCH3 is 1. The lowest BCUT2D eigenvalue weighted by Crippen LogP contribution is -2.37. The zero-order valence-corrected chi connectivity index (χ0v) is 18.4. The normalized spacial score (nSPS) is 22.1. The summed E-state index contributed by atoms with van der Waals surface area (Å²) in [5.41, 5.74) is 3.24. The number of allylic oxidation sites excluding steroid dienone is 2. The molecule has 2 aliphatic rings. The van der Waals surface area contributed by atoms with Gasteiger partial charge in [-0.25, -0.2) is 9.59 Å². The highest BCUT2D eigenvalue weighted by Gasteiger charge is 2.38. The number of dihydropyridines is 1. The second-order valence-electron chi connectivity index (χ2n) is 8.46. The fourth-order valence-electron chi connectivity index (χ4n) is 4.18. The van der Waals surface area contributed by atoms with Gasteiger partial charge in [-0.3, -0.25) is 4.90 Å². The minimum Gasteiger partial charge on any atom is -0.466 e. The number of nitrogens with zero attached hydrogens (tertiary/aromatic N) is 1. The molecule has 1 saturated heterocycles. The first-order valence-electron chi connectivity index (χ1n) is 10.6. The van der Waals surface area contributed by atoms with Crippen molar-refractivity contribution >= 4 is 11.9 Å². The summed E-state index contributed by atoms with van der Waals surface area (Å²) in [7, 11) is 1.34. The van der Waals surface area contributed by atoms with Crippen LogP contribution in [0.3, 0.4) is 0 Å². The monoisotopic (exact) mass is 412 g/mol. The van der Waals surface area contributed by atoms with Crippen LogP contribution in [-0.2, 0) is 25.5 Å². The molecular weight excluding hydrogens is 380 g/mol. The molecule has 0 bridgehead atoms. The summed E-state index contributed by atoms with van der Waals surface area (Å²) in [6.45, 7) is 8.27. The average Bonchev–Trinajstić information content (AvgIpc) is 3.08. The smallest absolute Gasteiger partial charge is 0.336 e. The van der Waals surface area contributed by atoms with Crippen molar-refractivity contribution in [1.82, 2.24) is 10.2 Å². The van der Waals surface area contributed by atoms with E-state index in [-0.39, 0.29) is 12.4 Å². The molecule has 2 aliphatic heterocycles. The highest BCUT2D eigenvalue weighted by molar-refractivity contribution is 5.96. The third-order valence-corrected chi connectivity index (χ3v) is 5.95. The summed E-state index contributed by atoms with van der Waals surface area (Å²) < 4.78 is 10.8. The maximum absolute atomic E-state index is 12.9. The summed E-state index contributed by atoms with van der Waals surface area (Å²) in [6.07, 6.45) is 3.16. The number of hydrogen-bond acceptors (Lipinski definition) is 6. The molecule has 0 radical (unpaired) electrons. The van der Waals surface area contributed by atoms with Gasteiger partial charge in [0.05, 0.1) is 18.3 Å². The number of benzene rings is 1. The SMILES string of the molecule is COC(=O)C1=C(C)NC(C)=C(C(=O)OC2(C)CCN(CCCc3ccccc3)C2)C1. The fraction of sp³-hybridized carbons (Fsp3) is 0.500. The van der Waals surface area contributed by atoms with Crippen LogP contribution in [0, 0.1) is 0 Å². The van der Waals surface area contributed by atoms with Crippen LogP contribution in [0.4, 0.5) is 0 Å². The molecule has 0 saturated carbocycles. The van der Waals surface area contributed by atoms with Crippen molar-refractivity contribution in [3.05, 3.63) is 58.4 Å². The molecule has 30 heavy (non-hydrogen) atoms. The minimum absolute atomic E-state index is 0.229. The van der Waals surface area contributed by atoms with E-state index >= 15 is 0 Å². The molecule has 6 nitrogen and oxygen atoms in total. The molecule has 162 valence electrons. The van der Waals surface area contributed by atoms with Gasteiger partial charge in [-0.15, -0.1) is 0 Å². The highest BCUT2D eigenvalue weighted by Crippen LogP contribution is 2.30. The summed E-state index contributed by atoms with van der Waals surface area (Å²) in [6, 6.07) is 10.5. The Labute approximate surface area is 178 Å². The molecule has 3 rings (SSSR count). The van der Waals surface area contributed by atoms with Crippen LogP contribution in [0.5, 0.6) is 0 Å². The lowest BCUT2D eigenvalue weighted by molar-refractivity contribution is -0.152. The lowest BCUT2D eigenvalue weighted by atomic mass is 9.97. The number of aryl methyl sites for hydroxylation is 1. The van der Waals surface area contributed by atoms with Gasteiger partial charge in [0.1, 0.15) is 5.60 Å². The van der Waals surface area contributed by atoms with Gasteiger partial charge in [-0.2, -0.15) is 0 Å². The van der Waals surface area contributed by atoms with Gasteiger partial charge in [0.2, 0.25) is 0 Å². The van der Waals surface area contributed by atoms with Crippen LogP contribution in [-0.4, -0.2) is 49.2 Å². The molecule has 1 atom stereocenters. The molecule has 1 aromatic rings. The molecule has 6 heteroatoms. The Bertz CT molecular complexity index is 859. The van der Waals surface area contributed by atoms with Crippen LogP contribution in [0.25, 0.3) is 0 Å². The Kier molecular flexibility index (Phi) is 6.98. The number of nitrogens with one attached hydrogen (secondary N) is 1. The molecule has 2 heterocycles. The van der Waals surface area contributed by atoms with Gasteiger partial charge in [0.25, 0.3) is 0 Å². The number of rotatable bonds is 7. The lowest BCUT2D eigenvalue weighted by Gasteiger charge is -2.28. The predicted octanol–water partition coefficient (Wildman–Crippen LogP) is 3.34. The molecule has 1 fully saturated rings. The first-order chi connectivity index (χ1) is 14.3. The molecule has 0 amide bonds. The third kappa shape index (κ3) is 5.30. The summed E-state index contributed by atoms with van der Waals surface area (Å²) in [5.74, 6) is -0.781. The Morgan fingerprint density at radius 1 is 1.10 bits per heavy atom. The van der Waals surface area contributed by atoms with Gasteiger partial charge >= 0.3 is 11.9 Å². The first-order valence-corrected chi connectivity index (χ1v) is 10.6. The van der Waals surface area contributed by atoms with E-state index in [1.54, 1.807) is 0 Å². The Morgan fingerprint density at radius 2 is 1.77 bits per heavy atom. The highest BCUT2D eigenvalue weighted by atomic mass is 16.6. The van der Waals surface area contributed by atoms with Crippen LogP contribution >= 0.6 is 0 Å². The largest absolute Gasteiger partial charge is 0.466 e. The average molecular weight is 413 g/mol. The van der Waals surface area contributed by atoms with Gasteiger partial charge < -0.3 is 14.8 Å². The van der Waals surface area contributed by atoms with Crippen LogP contribution in [0.15, 0.2) is 52.9 Å². The molecule has 0 aliphatic carbocycles. The van der Waals surface area contributed by atoms with E-state index < -0.39 is 11.6 Å². The summed E-state index contributed by atoms with van der Waals surface area (Å²) in [4.78, 5) is 27.3. The zero-order chi connectivity index (χ0) is 21.7. The Morgan fingerprint density at radius 3 is 2.43 bits per heavy atom. The van der Waals surface area contributed by atoms with Crippen molar-refractivity contribution in [2.75, 3.05) is 26.7 Å². The first kappa shape index (κ1) is 22.1. The third-order valence-electron chi connectivity index (χ3n) is 5.95. The van der Waals surface area contributed by atoms with Gasteiger partial charge in [0, 0.05) is 37.3 Å². The topological polar surface area (TPSA) is 67.9 Å². The van der Waals surface area contributed by atoms with Crippen molar-refractivity contribution in [2.45, 2.75) is 52.1 Å². The number of likely N-dealkylation sites (tertiary alicyclic amines) is 1. The predicted molar refractivity (Wildman–Crippen MR) is 115 cm³/mol. The van der Waals surface area contributed by atoms with Crippen LogP contribution < -0.4 is 5.32 Å². The number of hydrogen-bond donors (Lipinski definition) is 1. The Balaban J connectivity index is 1.53. The molecule has 1 aromatic carbocycles. The van der Waals surface area contributed by atoms with Crippen LogP contribution in [0.1, 0.15) is 45.6 Å². The van der Waals surface area contributed by atoms with E-state index in [1.807, 2.05) is 26.8 Å². The van der Waals surface area contributed by atoms with Crippen molar-refractivity contribution < 1.29 is 19.1 Å². The van der Waals surface area contributed by atoms with E-state index in [9.17, 15) is 9.59 Å². The fourth-order valence-corrected chi connectivity index (χ4v) is 4.18. The quantitative estimate of drug-likeness (QED) is 0.693. The van der Waals surface area contributed by atoms with Gasteiger partial charge in [0.15, 0.2) is 0 Å². The number of ether oxygens (including phenoxy) is 2. The second kappa shape index (κ2) is 9.47. The maximum Gasteiger partial charge on any atom is 0.336 e. The standard InChI is InChI=1S/C24H32N2O4/c1-17-20(22(27)29-4)15-21(18(2)25-17)23(28)30-24(3)12-14-26(16-24)13-8-11-19-9-6-5-7-10-19/h5-7,9-10,25H,8,11-16H2,1-4H3. The van der Waals surface area contributed by atoms with Crippen molar-refractivity contribution in [3.8, 4) is 0 Å². The molecule has 1 unspecified atom stereocenters.